The fourth-order valence-corrected chi connectivity index (χ4v) is 20.2. The van der Waals surface area contributed by atoms with Crippen LogP contribution in [-0.4, -0.2) is 59.0 Å². The summed E-state index contributed by atoms with van der Waals surface area (Å²) >= 11 is -2.93. The van der Waals surface area contributed by atoms with Gasteiger partial charge in [-0.15, -0.1) is 0 Å². The Morgan fingerprint density at radius 2 is 1.42 bits per heavy atom. The van der Waals surface area contributed by atoms with E-state index in [-0.39, 0.29) is 5.75 Å². The number of methoxy groups -OCH3 is 1. The van der Waals surface area contributed by atoms with E-state index in [0.29, 0.717) is 34.5 Å². The number of hydrogen-bond acceptors (Lipinski definition) is 7. The number of rotatable bonds is 18. The minimum absolute atomic E-state index is 0.255. The molecule has 0 aliphatic carbocycles. The van der Waals surface area contributed by atoms with Gasteiger partial charge in [0.25, 0.3) is 0 Å². The Bertz CT molecular complexity index is 1610. The fourth-order valence-electron chi connectivity index (χ4n) is 5.87. The van der Waals surface area contributed by atoms with Gasteiger partial charge in [0.05, 0.1) is 0 Å². The van der Waals surface area contributed by atoms with Crippen molar-refractivity contribution >= 4 is 36.5 Å². The Morgan fingerprint density at radius 1 is 0.833 bits per heavy atom. The molecule has 1 heterocycles. The molecule has 1 amide bonds. The van der Waals surface area contributed by atoms with Crippen molar-refractivity contribution in [3.8, 4) is 5.75 Å². The Balaban J connectivity index is 1.70. The molecule has 4 rings (SSSR count). The third-order valence-electron chi connectivity index (χ3n) is 8.67. The van der Waals surface area contributed by atoms with Gasteiger partial charge in [-0.2, -0.15) is 0 Å². The number of carbonyl (C=O) groups is 3. The van der Waals surface area contributed by atoms with Crippen LogP contribution in [0.4, 0.5) is 0 Å². The van der Waals surface area contributed by atoms with Crippen LogP contribution >= 0.6 is 0 Å². The third-order valence-corrected chi connectivity index (χ3v) is 22.8. The Morgan fingerprint density at radius 3 is 1.98 bits per heavy atom. The molecule has 4 aromatic rings. The summed E-state index contributed by atoms with van der Waals surface area (Å²) in [5.41, 5.74) is 1.87. The maximum atomic E-state index is 13.3. The molecule has 1 unspecified atom stereocenters. The predicted octanol–water partition coefficient (Wildman–Crippen LogP) is 6.74. The zero-order valence-electron chi connectivity index (χ0n) is 28.5. The van der Waals surface area contributed by atoms with E-state index >= 15 is 0 Å². The molecular formula is C37H48N5O5Sn+. The van der Waals surface area contributed by atoms with Gasteiger partial charge >= 0.3 is 259 Å². The van der Waals surface area contributed by atoms with Crippen molar-refractivity contribution < 1.29 is 26.9 Å². The van der Waals surface area contributed by atoms with E-state index in [4.69, 9.17) is 14.7 Å². The van der Waals surface area contributed by atoms with Crippen LogP contribution in [0, 0.1) is 0 Å². The van der Waals surface area contributed by atoms with Gasteiger partial charge in [0, 0.05) is 0 Å². The van der Waals surface area contributed by atoms with Crippen LogP contribution in [0.2, 0.25) is 13.3 Å². The molecule has 0 aliphatic heterocycles. The Hall–Kier alpha value is -4.06. The number of aromatic amines is 1. The topological polar surface area (TPSA) is 127 Å². The van der Waals surface area contributed by atoms with E-state index in [2.05, 4.69) is 39.3 Å². The van der Waals surface area contributed by atoms with E-state index in [1.165, 1.54) is 39.7 Å². The van der Waals surface area contributed by atoms with Gasteiger partial charge in [-0.05, 0) is 12.1 Å². The van der Waals surface area contributed by atoms with Gasteiger partial charge in [-0.1, -0.05) is 18.2 Å². The number of H-pyrrole nitrogens is 1. The summed E-state index contributed by atoms with van der Waals surface area (Å²) < 4.78 is 16.9. The van der Waals surface area contributed by atoms with Crippen LogP contribution in [-0.2, 0) is 16.0 Å². The van der Waals surface area contributed by atoms with Crippen LogP contribution in [0.1, 0.15) is 103 Å². The van der Waals surface area contributed by atoms with E-state index < -0.39 is 42.5 Å². The molecule has 0 fully saturated rings. The number of amides is 1. The monoisotopic (exact) mass is 762 g/mol. The van der Waals surface area contributed by atoms with E-state index in [0.717, 1.165) is 19.3 Å². The molecule has 1 atom stereocenters. The summed E-state index contributed by atoms with van der Waals surface area (Å²) in [4.78, 5) is 39.3. The number of unbranched alkanes of at least 4 members (excludes halogenated alkanes) is 3. The molecule has 11 heteroatoms. The van der Waals surface area contributed by atoms with Gasteiger partial charge in [-0.25, -0.2) is 0 Å². The van der Waals surface area contributed by atoms with Crippen molar-refractivity contribution in [1.29, 1.82) is 0 Å². The molecule has 0 saturated carbocycles. The van der Waals surface area contributed by atoms with Crippen molar-refractivity contribution in [2.75, 3.05) is 7.11 Å². The first-order chi connectivity index (χ1) is 23.3. The number of nitrogens with zero attached hydrogens (tertiary/aromatic N) is 3. The molecule has 48 heavy (non-hydrogen) atoms. The molecule has 254 valence electrons. The average Bonchev–Trinajstić information content (AvgIpc) is 3.60. The van der Waals surface area contributed by atoms with E-state index in [9.17, 15) is 14.4 Å². The SMILES string of the molecule is CCC[CH2][Sn]([CH2]CCC)([CH2]CCC)[n+]1nnc(Cc2ccc(C(NC(=O)c3ccccc3)C(=O)OC)cc2OC(=O)c2ccccc2)[nH]1. The van der Waals surface area contributed by atoms with Gasteiger partial charge in [0.15, 0.2) is 0 Å². The number of tetrazole rings is 1. The number of aromatic nitrogens is 4. The van der Waals surface area contributed by atoms with Gasteiger partial charge in [0.1, 0.15) is 0 Å². The van der Waals surface area contributed by atoms with Crippen LogP contribution in [0.5, 0.6) is 5.75 Å². The first-order valence-electron chi connectivity index (χ1n) is 17.0. The molecule has 0 spiro atoms. The van der Waals surface area contributed by atoms with Crippen molar-refractivity contribution in [3.05, 3.63) is 107 Å². The quantitative estimate of drug-likeness (QED) is 0.0654. The number of benzene rings is 3. The van der Waals surface area contributed by atoms with Crippen molar-refractivity contribution in [1.82, 2.24) is 20.7 Å². The van der Waals surface area contributed by atoms with E-state index in [1.807, 2.05) is 12.1 Å². The zero-order chi connectivity index (χ0) is 34.4. The van der Waals surface area contributed by atoms with Crippen LogP contribution < -0.4 is 13.1 Å². The molecule has 2 N–H and O–H groups in total. The average molecular weight is 762 g/mol. The van der Waals surface area contributed by atoms with Gasteiger partial charge in [-0.3, -0.25) is 0 Å². The van der Waals surface area contributed by atoms with Gasteiger partial charge in [0.2, 0.25) is 0 Å². The number of carbonyl (C=O) groups excluding carboxylic acids is 3. The second-order valence-electron chi connectivity index (χ2n) is 12.2. The van der Waals surface area contributed by atoms with Crippen LogP contribution in [0.25, 0.3) is 0 Å². The summed E-state index contributed by atoms with van der Waals surface area (Å²) in [6.07, 6.45) is 7.35. The molecule has 1 aromatic heterocycles. The van der Waals surface area contributed by atoms with Gasteiger partial charge < -0.3 is 0 Å². The summed E-state index contributed by atoms with van der Waals surface area (Å²) in [5, 5.41) is 15.6. The number of hydrogen-bond donors (Lipinski definition) is 2. The first-order valence-corrected chi connectivity index (χ1v) is 24.3. The molecule has 3 aromatic carbocycles. The third kappa shape index (κ3) is 9.74. The minimum atomic E-state index is -2.93. The predicted molar refractivity (Wildman–Crippen MR) is 186 cm³/mol. The zero-order valence-corrected chi connectivity index (χ0v) is 31.4. The number of ether oxygens (including phenoxy) is 2. The Kier molecular flexibility index (Phi) is 14.2. The molecule has 0 saturated heterocycles. The second-order valence-corrected chi connectivity index (χ2v) is 24.7. The normalized spacial score (nSPS) is 11.9. The maximum absolute atomic E-state index is 13.3. The number of nitrogens with one attached hydrogen (secondary N) is 2. The second kappa shape index (κ2) is 18.5. The number of esters is 2. The van der Waals surface area contributed by atoms with Crippen molar-refractivity contribution in [2.45, 2.75) is 85.1 Å². The summed E-state index contributed by atoms with van der Waals surface area (Å²) in [7, 11) is 1.26. The Labute approximate surface area is 287 Å². The summed E-state index contributed by atoms with van der Waals surface area (Å²) in [5.74, 6) is -0.706. The standard InChI is InChI=1S/C25H21N5O5.3C4H9.Sn/c1-34-25(33)22(26-23(31)16-8-4-2-5-9-16)19-13-12-18(15-21-27-29-30-28-21)20(14-19)35-24(32)17-10-6-3-7-11-17;3*1-3-4-2;/h2-14,22H,15H2,1H3,(H,26,31)(H,27,28,29,30);3*1,3-4H2,2H3;/q;;;;+1. The van der Waals surface area contributed by atoms with Crippen LogP contribution in [0.15, 0.2) is 78.9 Å². The fraction of sp³-hybridized carbons (Fsp3) is 0.405. The summed E-state index contributed by atoms with van der Waals surface area (Å²) in [6, 6.07) is 21.3. The van der Waals surface area contributed by atoms with E-state index in [1.54, 1.807) is 66.7 Å². The van der Waals surface area contributed by atoms with Crippen molar-refractivity contribution in [3.63, 3.8) is 0 Å². The van der Waals surface area contributed by atoms with Crippen LogP contribution in [0.3, 0.4) is 0 Å². The molecule has 0 aliphatic rings. The first kappa shape index (κ1) is 36.8. The molecular weight excluding hydrogens is 713 g/mol. The summed E-state index contributed by atoms with van der Waals surface area (Å²) in [6.45, 7) is 6.73. The molecule has 0 radical (unpaired) electrons. The molecule has 0 bridgehead atoms. The van der Waals surface area contributed by atoms with Crippen molar-refractivity contribution in [2.24, 2.45) is 0 Å². The molecule has 10 nitrogen and oxygen atoms in total.